The summed E-state index contributed by atoms with van der Waals surface area (Å²) < 4.78 is 5.39. The van der Waals surface area contributed by atoms with Gasteiger partial charge in [-0.05, 0) is 140 Å². The van der Waals surface area contributed by atoms with E-state index in [0.717, 1.165) is 51.2 Å². The van der Waals surface area contributed by atoms with Crippen LogP contribution in [-0.2, 0) is 0 Å². The lowest BCUT2D eigenvalue weighted by atomic mass is 10.1. The molecular weight excluding hydrogens is 600 g/mol. The zero-order valence-electron chi connectivity index (χ0n) is 26.2. The Morgan fingerprint density at radius 1 is 0.562 bits per heavy atom. The average molecular weight is 635 g/mol. The zero-order valence-corrected chi connectivity index (χ0v) is 26.2. The number of hydrogen-bond donors (Lipinski definition) is 5. The van der Waals surface area contributed by atoms with E-state index in [0.29, 0.717) is 11.3 Å². The number of nitrogens with zero attached hydrogens (tertiary/aromatic N) is 1. The first-order valence-corrected chi connectivity index (χ1v) is 15.2. The molecule has 0 fully saturated rings. The summed E-state index contributed by atoms with van der Waals surface area (Å²) in [5, 5.41) is 9.68. The number of nitrogens with two attached hydrogens (primary N) is 2. The maximum absolute atomic E-state index is 12.7. The van der Waals surface area contributed by atoms with Crippen LogP contribution in [0.25, 0.3) is 0 Å². The number of carbonyl (C=O) groups excluding carboxylic acids is 2. The van der Waals surface area contributed by atoms with Crippen molar-refractivity contribution in [3.8, 4) is 5.75 Å². The number of benzene rings is 6. The molecule has 0 radical (unpaired) electrons. The molecule has 6 aromatic carbocycles. The summed E-state index contributed by atoms with van der Waals surface area (Å²) in [5.74, 6) is -0.133. The van der Waals surface area contributed by atoms with Gasteiger partial charge < -0.3 is 37.1 Å². The Hall–Kier alpha value is -6.74. The van der Waals surface area contributed by atoms with E-state index in [2.05, 4.69) is 45.1 Å². The summed E-state index contributed by atoms with van der Waals surface area (Å²) in [6.07, 6.45) is 0. The highest BCUT2D eigenvalue weighted by Gasteiger charge is 2.14. The molecule has 0 saturated carbocycles. The monoisotopic (exact) mass is 634 g/mol. The number of amides is 2. The maximum atomic E-state index is 12.7. The molecule has 0 bridgehead atoms. The van der Waals surface area contributed by atoms with Crippen LogP contribution in [0.1, 0.15) is 20.7 Å². The Morgan fingerprint density at radius 3 is 1.46 bits per heavy atom. The highest BCUT2D eigenvalue weighted by Crippen LogP contribution is 2.37. The van der Waals surface area contributed by atoms with Crippen molar-refractivity contribution >= 4 is 63.0 Å². The summed E-state index contributed by atoms with van der Waals surface area (Å²) in [6.45, 7) is 0. The van der Waals surface area contributed by atoms with Crippen LogP contribution in [0.3, 0.4) is 0 Å². The summed E-state index contributed by atoms with van der Waals surface area (Å²) in [5.41, 5.74) is 19.8. The van der Waals surface area contributed by atoms with Crippen molar-refractivity contribution < 1.29 is 14.3 Å². The first kappa shape index (κ1) is 31.3. The number of rotatable bonds is 11. The van der Waals surface area contributed by atoms with Crippen molar-refractivity contribution in [2.24, 2.45) is 5.73 Å². The molecule has 48 heavy (non-hydrogen) atoms. The average Bonchev–Trinajstić information content (AvgIpc) is 3.12. The van der Waals surface area contributed by atoms with Crippen molar-refractivity contribution in [1.82, 2.24) is 0 Å². The first-order chi connectivity index (χ1) is 23.3. The van der Waals surface area contributed by atoms with Gasteiger partial charge in [-0.1, -0.05) is 6.07 Å². The van der Waals surface area contributed by atoms with Gasteiger partial charge in [0.1, 0.15) is 5.75 Å². The zero-order chi connectivity index (χ0) is 33.5. The van der Waals surface area contributed by atoms with Gasteiger partial charge in [-0.2, -0.15) is 0 Å². The summed E-state index contributed by atoms with van der Waals surface area (Å²) >= 11 is 0. The van der Waals surface area contributed by atoms with Gasteiger partial charge in [0, 0.05) is 62.3 Å². The molecule has 0 aliphatic carbocycles. The third-order valence-corrected chi connectivity index (χ3v) is 7.62. The largest absolute Gasteiger partial charge is 0.497 e. The van der Waals surface area contributed by atoms with Crippen molar-refractivity contribution in [1.29, 1.82) is 0 Å². The van der Waals surface area contributed by atoms with Gasteiger partial charge in [0.05, 0.1) is 7.11 Å². The maximum Gasteiger partial charge on any atom is 0.255 e. The van der Waals surface area contributed by atoms with Crippen LogP contribution in [0, 0.1) is 0 Å². The van der Waals surface area contributed by atoms with Crippen molar-refractivity contribution in [2.45, 2.75) is 0 Å². The Balaban J connectivity index is 1.16. The topological polar surface area (TPSA) is 135 Å². The Morgan fingerprint density at radius 2 is 0.979 bits per heavy atom. The third-order valence-electron chi connectivity index (χ3n) is 7.62. The molecule has 0 unspecified atom stereocenters. The SMILES string of the molecule is COc1ccc(N(c2ccc(Nc3ccc(N)cc3)cc2)c2ccc(Nc3ccc(NC(=O)c4cccc(C(N)=O)c4)cc3)cc2)cc1. The molecule has 0 aromatic heterocycles. The lowest BCUT2D eigenvalue weighted by Crippen LogP contribution is -2.15. The lowest BCUT2D eigenvalue weighted by molar-refractivity contribution is 0.1000. The number of ether oxygens (including phenoxy) is 1. The molecule has 2 amide bonds. The van der Waals surface area contributed by atoms with E-state index in [1.54, 1.807) is 25.3 Å². The number of nitrogen functional groups attached to an aromatic ring is 1. The molecule has 7 N–H and O–H groups in total. The minimum atomic E-state index is -0.584. The van der Waals surface area contributed by atoms with E-state index < -0.39 is 5.91 Å². The first-order valence-electron chi connectivity index (χ1n) is 15.2. The van der Waals surface area contributed by atoms with Crippen LogP contribution in [0.15, 0.2) is 146 Å². The van der Waals surface area contributed by atoms with Gasteiger partial charge in [-0.25, -0.2) is 0 Å². The second-order valence-electron chi connectivity index (χ2n) is 11.0. The molecule has 0 heterocycles. The molecule has 9 nitrogen and oxygen atoms in total. The van der Waals surface area contributed by atoms with Crippen LogP contribution < -0.4 is 37.1 Å². The fraction of sp³-hybridized carbons (Fsp3) is 0.0256. The number of methoxy groups -OCH3 is 1. The summed E-state index contributed by atoms with van der Waals surface area (Å²) in [4.78, 5) is 26.3. The van der Waals surface area contributed by atoms with Crippen LogP contribution in [0.4, 0.5) is 51.2 Å². The van der Waals surface area contributed by atoms with Crippen molar-refractivity contribution in [2.75, 3.05) is 33.7 Å². The van der Waals surface area contributed by atoms with Crippen LogP contribution >= 0.6 is 0 Å². The van der Waals surface area contributed by atoms with Crippen LogP contribution in [0.2, 0.25) is 0 Å². The molecule has 0 spiro atoms. The van der Waals surface area contributed by atoms with E-state index >= 15 is 0 Å². The van der Waals surface area contributed by atoms with Crippen molar-refractivity contribution in [3.05, 3.63) is 157 Å². The van der Waals surface area contributed by atoms with Gasteiger partial charge in [0.2, 0.25) is 5.91 Å². The fourth-order valence-corrected chi connectivity index (χ4v) is 5.12. The predicted molar refractivity (Wildman–Crippen MR) is 194 cm³/mol. The molecule has 0 aliphatic rings. The number of hydrogen-bond acceptors (Lipinski definition) is 7. The lowest BCUT2D eigenvalue weighted by Gasteiger charge is -2.26. The number of anilines is 9. The quantitative estimate of drug-likeness (QED) is 0.0901. The van der Waals surface area contributed by atoms with Gasteiger partial charge in [-0.3, -0.25) is 9.59 Å². The predicted octanol–water partition coefficient (Wildman–Crippen LogP) is 8.59. The molecule has 238 valence electrons. The van der Waals surface area contributed by atoms with E-state index in [9.17, 15) is 9.59 Å². The van der Waals surface area contributed by atoms with Gasteiger partial charge in [-0.15, -0.1) is 0 Å². The summed E-state index contributed by atoms with van der Waals surface area (Å²) in [6, 6.07) is 45.6. The molecule has 0 atom stereocenters. The van der Waals surface area contributed by atoms with Crippen LogP contribution in [0.5, 0.6) is 5.75 Å². The van der Waals surface area contributed by atoms with Crippen molar-refractivity contribution in [3.63, 3.8) is 0 Å². The molecular formula is C39H34N6O3. The van der Waals surface area contributed by atoms with E-state index in [-0.39, 0.29) is 11.5 Å². The standard InChI is InChI=1S/C39H34N6O3/c1-48-37-23-21-36(22-24-37)45(34-17-13-31(14-18-34)42-29-7-5-28(40)6-8-29)35-19-15-32(16-20-35)43-30-9-11-33(12-10-30)44-39(47)27-4-2-3-26(25-27)38(41)46/h2-25,42-43H,40H2,1H3,(H2,41,46)(H,44,47). The number of carbonyl (C=O) groups is 2. The van der Waals surface area contributed by atoms with Crippen LogP contribution in [-0.4, -0.2) is 18.9 Å². The Bertz CT molecular complexity index is 2010. The second-order valence-corrected chi connectivity index (χ2v) is 11.0. The van der Waals surface area contributed by atoms with E-state index in [1.165, 1.54) is 6.07 Å². The van der Waals surface area contributed by atoms with Gasteiger partial charge >= 0.3 is 0 Å². The smallest absolute Gasteiger partial charge is 0.255 e. The molecule has 9 heteroatoms. The molecule has 6 rings (SSSR count). The fourth-order valence-electron chi connectivity index (χ4n) is 5.12. The van der Waals surface area contributed by atoms with E-state index in [4.69, 9.17) is 16.2 Å². The third kappa shape index (κ3) is 7.55. The number of primary amides is 1. The minimum absolute atomic E-state index is 0.279. The van der Waals surface area contributed by atoms with Gasteiger partial charge in [0.25, 0.3) is 5.91 Å². The Kier molecular flexibility index (Phi) is 9.20. The van der Waals surface area contributed by atoms with Gasteiger partial charge in [0.15, 0.2) is 0 Å². The number of nitrogens with one attached hydrogen (secondary N) is 3. The highest BCUT2D eigenvalue weighted by molar-refractivity contribution is 6.06. The molecule has 0 aliphatic heterocycles. The summed E-state index contributed by atoms with van der Waals surface area (Å²) in [7, 11) is 1.65. The minimum Gasteiger partial charge on any atom is -0.497 e. The highest BCUT2D eigenvalue weighted by atomic mass is 16.5. The van der Waals surface area contributed by atoms with E-state index in [1.807, 2.05) is 97.1 Å². The molecule has 0 saturated heterocycles. The second kappa shape index (κ2) is 14.1. The molecule has 6 aromatic rings. The Labute approximate surface area is 278 Å². The normalized spacial score (nSPS) is 10.5.